The van der Waals surface area contributed by atoms with Crippen molar-refractivity contribution >= 4 is 10.8 Å². The SMILES string of the molecule is CC1(C)c2cc3ccccc3cc2-c2cccc(-c3nc(-c4ccccc4)cc(-c4cccc(-c5ccccc5)c4)n3)c21. The molecule has 0 unspecified atom stereocenters. The molecule has 0 N–H and O–H groups in total. The Bertz CT molecular complexity index is 2140. The molecule has 204 valence electrons. The molecule has 2 heteroatoms. The van der Waals surface area contributed by atoms with Crippen molar-refractivity contribution in [3.8, 4) is 56.2 Å². The molecule has 6 aromatic carbocycles. The van der Waals surface area contributed by atoms with Crippen molar-refractivity contribution in [2.45, 2.75) is 19.3 Å². The zero-order valence-electron chi connectivity index (χ0n) is 24.3. The number of fused-ring (bicyclic) bond motifs is 4. The van der Waals surface area contributed by atoms with E-state index in [1.165, 1.54) is 44.2 Å². The van der Waals surface area contributed by atoms with Gasteiger partial charge in [0.05, 0.1) is 11.4 Å². The van der Waals surface area contributed by atoms with Crippen molar-refractivity contribution in [3.05, 3.63) is 157 Å². The van der Waals surface area contributed by atoms with Gasteiger partial charge in [0.25, 0.3) is 0 Å². The third-order valence-corrected chi connectivity index (χ3v) is 8.84. The van der Waals surface area contributed by atoms with E-state index in [1.807, 2.05) is 6.07 Å². The summed E-state index contributed by atoms with van der Waals surface area (Å²) in [5.74, 6) is 0.753. The van der Waals surface area contributed by atoms with Crippen molar-refractivity contribution < 1.29 is 0 Å². The maximum atomic E-state index is 5.28. The molecule has 43 heavy (non-hydrogen) atoms. The molecule has 0 bridgehead atoms. The second-order valence-corrected chi connectivity index (χ2v) is 11.9. The van der Waals surface area contributed by atoms with E-state index in [0.717, 1.165) is 33.9 Å². The van der Waals surface area contributed by atoms with Crippen LogP contribution in [0.4, 0.5) is 0 Å². The Hall–Kier alpha value is -5.34. The fourth-order valence-electron chi connectivity index (χ4n) is 6.71. The molecule has 7 aromatic rings. The third-order valence-electron chi connectivity index (χ3n) is 8.84. The van der Waals surface area contributed by atoms with Gasteiger partial charge >= 0.3 is 0 Å². The molecule has 0 aliphatic heterocycles. The lowest BCUT2D eigenvalue weighted by molar-refractivity contribution is 0.662. The van der Waals surface area contributed by atoms with Gasteiger partial charge < -0.3 is 0 Å². The van der Waals surface area contributed by atoms with E-state index in [1.54, 1.807) is 0 Å². The summed E-state index contributed by atoms with van der Waals surface area (Å²) in [6.07, 6.45) is 0. The van der Waals surface area contributed by atoms with Crippen LogP contribution in [0.5, 0.6) is 0 Å². The Morgan fingerprint density at radius 3 is 1.72 bits per heavy atom. The summed E-state index contributed by atoms with van der Waals surface area (Å²) in [5, 5.41) is 2.53. The van der Waals surface area contributed by atoms with Crippen molar-refractivity contribution in [2.24, 2.45) is 0 Å². The van der Waals surface area contributed by atoms with Crippen molar-refractivity contribution in [3.63, 3.8) is 0 Å². The van der Waals surface area contributed by atoms with Crippen LogP contribution in [0.3, 0.4) is 0 Å². The average Bonchev–Trinajstić information content (AvgIpc) is 3.30. The van der Waals surface area contributed by atoms with Gasteiger partial charge in [-0.3, -0.25) is 0 Å². The van der Waals surface area contributed by atoms with Crippen LogP contribution in [-0.4, -0.2) is 9.97 Å². The summed E-state index contributed by atoms with van der Waals surface area (Å²) >= 11 is 0. The molecule has 0 atom stereocenters. The lowest BCUT2D eigenvalue weighted by atomic mass is 9.79. The van der Waals surface area contributed by atoms with Crippen LogP contribution < -0.4 is 0 Å². The number of hydrogen-bond acceptors (Lipinski definition) is 2. The van der Waals surface area contributed by atoms with Crippen LogP contribution in [0.2, 0.25) is 0 Å². The van der Waals surface area contributed by atoms with E-state index in [-0.39, 0.29) is 5.41 Å². The van der Waals surface area contributed by atoms with E-state index in [0.29, 0.717) is 0 Å². The number of benzene rings is 6. The van der Waals surface area contributed by atoms with Gasteiger partial charge in [-0.25, -0.2) is 9.97 Å². The fourth-order valence-corrected chi connectivity index (χ4v) is 6.71. The quantitative estimate of drug-likeness (QED) is 0.218. The first kappa shape index (κ1) is 25.4. The highest BCUT2D eigenvalue weighted by molar-refractivity contribution is 5.95. The average molecular weight is 551 g/mol. The summed E-state index contributed by atoms with van der Waals surface area (Å²) in [4.78, 5) is 10.5. The van der Waals surface area contributed by atoms with Gasteiger partial charge in [-0.2, -0.15) is 0 Å². The lowest BCUT2D eigenvalue weighted by Crippen LogP contribution is -2.17. The normalized spacial score (nSPS) is 13.1. The molecule has 0 saturated heterocycles. The summed E-state index contributed by atoms with van der Waals surface area (Å²) in [7, 11) is 0. The first-order valence-corrected chi connectivity index (χ1v) is 14.8. The zero-order chi connectivity index (χ0) is 29.0. The first-order chi connectivity index (χ1) is 21.1. The maximum Gasteiger partial charge on any atom is 0.160 e. The standard InChI is InChI=1S/C41H30N2/c1-41(2)36-25-31-18-10-9-17-30(31)24-35(36)33-21-12-22-34(39(33)41)40-42-37(28-15-7-4-8-16-28)26-38(43-40)32-20-11-19-29(23-32)27-13-5-3-6-14-27/h3-26H,1-2H3. The molecule has 1 aromatic heterocycles. The topological polar surface area (TPSA) is 25.8 Å². The predicted molar refractivity (Wildman–Crippen MR) is 179 cm³/mol. The van der Waals surface area contributed by atoms with Crippen LogP contribution in [0.1, 0.15) is 25.0 Å². The minimum atomic E-state index is -0.204. The Morgan fingerprint density at radius 2 is 0.977 bits per heavy atom. The van der Waals surface area contributed by atoms with Crippen molar-refractivity contribution in [2.75, 3.05) is 0 Å². The second-order valence-electron chi connectivity index (χ2n) is 11.9. The predicted octanol–water partition coefficient (Wildman–Crippen LogP) is 10.6. The van der Waals surface area contributed by atoms with E-state index >= 15 is 0 Å². The maximum absolute atomic E-state index is 5.28. The number of rotatable bonds is 4. The first-order valence-electron chi connectivity index (χ1n) is 14.8. The van der Waals surface area contributed by atoms with E-state index < -0.39 is 0 Å². The summed E-state index contributed by atoms with van der Waals surface area (Å²) < 4.78 is 0. The van der Waals surface area contributed by atoms with Crippen LogP contribution in [0, 0.1) is 0 Å². The highest BCUT2D eigenvalue weighted by Crippen LogP contribution is 2.53. The fraction of sp³-hybridized carbons (Fsp3) is 0.0732. The van der Waals surface area contributed by atoms with Crippen molar-refractivity contribution in [1.82, 2.24) is 9.97 Å². The number of aromatic nitrogens is 2. The van der Waals surface area contributed by atoms with Crippen molar-refractivity contribution in [1.29, 1.82) is 0 Å². The summed E-state index contributed by atoms with van der Waals surface area (Å²) in [5.41, 5.74) is 12.4. The van der Waals surface area contributed by atoms with E-state index in [4.69, 9.17) is 9.97 Å². The monoisotopic (exact) mass is 550 g/mol. The van der Waals surface area contributed by atoms with Gasteiger partial charge in [0.15, 0.2) is 5.82 Å². The number of nitrogens with zero attached hydrogens (tertiary/aromatic N) is 2. The molecule has 0 radical (unpaired) electrons. The molecule has 1 heterocycles. The van der Waals surface area contributed by atoms with Crippen LogP contribution in [0.15, 0.2) is 146 Å². The lowest BCUT2D eigenvalue weighted by Gasteiger charge is -2.24. The minimum absolute atomic E-state index is 0.204. The molecule has 1 aliphatic carbocycles. The second kappa shape index (κ2) is 9.89. The highest BCUT2D eigenvalue weighted by Gasteiger charge is 2.38. The van der Waals surface area contributed by atoms with E-state index in [9.17, 15) is 0 Å². The van der Waals surface area contributed by atoms with Gasteiger partial charge in [-0.1, -0.05) is 135 Å². The zero-order valence-corrected chi connectivity index (χ0v) is 24.3. The minimum Gasteiger partial charge on any atom is -0.228 e. The Labute approximate surface area is 252 Å². The molecular formula is C41H30N2. The van der Waals surface area contributed by atoms with Crippen LogP contribution in [0.25, 0.3) is 66.9 Å². The smallest absolute Gasteiger partial charge is 0.160 e. The third kappa shape index (κ3) is 4.26. The molecule has 0 saturated carbocycles. The molecule has 0 amide bonds. The summed E-state index contributed by atoms with van der Waals surface area (Å²) in [6.45, 7) is 4.67. The Morgan fingerprint density at radius 1 is 0.419 bits per heavy atom. The van der Waals surface area contributed by atoms with Gasteiger partial charge in [0, 0.05) is 22.1 Å². The van der Waals surface area contributed by atoms with Crippen LogP contribution >= 0.6 is 0 Å². The molecule has 0 spiro atoms. The Balaban J connectivity index is 1.34. The molecule has 2 nitrogen and oxygen atoms in total. The molecule has 1 aliphatic rings. The summed E-state index contributed by atoms with van der Waals surface area (Å²) in [6, 6.07) is 51.7. The highest BCUT2D eigenvalue weighted by atomic mass is 14.9. The van der Waals surface area contributed by atoms with Gasteiger partial charge in [-0.15, -0.1) is 0 Å². The van der Waals surface area contributed by atoms with E-state index in [2.05, 4.69) is 153 Å². The molecular weight excluding hydrogens is 520 g/mol. The van der Waals surface area contributed by atoms with Gasteiger partial charge in [-0.05, 0) is 68.4 Å². The van der Waals surface area contributed by atoms with Crippen LogP contribution in [-0.2, 0) is 5.41 Å². The molecule has 0 fully saturated rings. The largest absolute Gasteiger partial charge is 0.228 e. The number of hydrogen-bond donors (Lipinski definition) is 0. The van der Waals surface area contributed by atoms with Gasteiger partial charge in [0.1, 0.15) is 0 Å². The van der Waals surface area contributed by atoms with Gasteiger partial charge in [0.2, 0.25) is 0 Å². The molecule has 8 rings (SSSR count). The Kier molecular flexibility index (Phi) is 5.84.